The van der Waals surface area contributed by atoms with E-state index < -0.39 is 5.91 Å². The average molecular weight is 365 g/mol. The van der Waals surface area contributed by atoms with Crippen LogP contribution in [-0.2, 0) is 4.79 Å². The maximum Gasteiger partial charge on any atom is 0.272 e. The summed E-state index contributed by atoms with van der Waals surface area (Å²) in [5.74, 6) is -0.683. The zero-order valence-corrected chi connectivity index (χ0v) is 14.2. The summed E-state index contributed by atoms with van der Waals surface area (Å²) in [7, 11) is 0. The van der Waals surface area contributed by atoms with Gasteiger partial charge >= 0.3 is 0 Å². The first-order chi connectivity index (χ1) is 11.5. The lowest BCUT2D eigenvalue weighted by atomic mass is 10.2. The number of rotatable bonds is 5. The Labute approximate surface area is 148 Å². The highest BCUT2D eigenvalue weighted by atomic mass is 35.5. The molecule has 0 bridgehead atoms. The largest absolute Gasteiger partial charge is 0.326 e. The van der Waals surface area contributed by atoms with Gasteiger partial charge in [-0.2, -0.15) is 5.10 Å². The molecule has 124 valence electrons. The van der Waals surface area contributed by atoms with Crippen LogP contribution in [0, 0.1) is 0 Å². The normalized spacial score (nSPS) is 11.0. The molecule has 2 amide bonds. The van der Waals surface area contributed by atoms with E-state index in [-0.39, 0.29) is 12.3 Å². The maximum absolute atomic E-state index is 11.9. The second kappa shape index (κ2) is 8.42. The Balaban J connectivity index is 1.88. The molecule has 1 heterocycles. The highest BCUT2D eigenvalue weighted by molar-refractivity contribution is 6.42. The smallest absolute Gasteiger partial charge is 0.272 e. The van der Waals surface area contributed by atoms with Gasteiger partial charge in [0.1, 0.15) is 0 Å². The molecule has 0 saturated heterocycles. The van der Waals surface area contributed by atoms with Gasteiger partial charge in [-0.15, -0.1) is 0 Å². The standard InChI is InChI=1S/C16H14Cl2N4O2/c1-10(21-22-16(24)11-3-2-6-19-9-11)7-15(23)20-12-4-5-13(17)14(18)8-12/h2-6,8-9H,7H2,1H3,(H,20,23)(H,22,24)/b21-10-. The van der Waals surface area contributed by atoms with Crippen LogP contribution in [-0.4, -0.2) is 22.5 Å². The third-order valence-electron chi connectivity index (χ3n) is 2.89. The minimum Gasteiger partial charge on any atom is -0.326 e. The molecule has 0 saturated carbocycles. The molecule has 24 heavy (non-hydrogen) atoms. The first kappa shape index (κ1) is 17.9. The molecule has 0 radical (unpaired) electrons. The van der Waals surface area contributed by atoms with Crippen molar-refractivity contribution < 1.29 is 9.59 Å². The Kier molecular flexibility index (Phi) is 6.28. The van der Waals surface area contributed by atoms with Crippen molar-refractivity contribution in [2.24, 2.45) is 5.10 Å². The zero-order valence-electron chi connectivity index (χ0n) is 12.7. The van der Waals surface area contributed by atoms with E-state index in [1.165, 1.54) is 6.20 Å². The third-order valence-corrected chi connectivity index (χ3v) is 3.63. The van der Waals surface area contributed by atoms with Gasteiger partial charge in [0.15, 0.2) is 0 Å². The van der Waals surface area contributed by atoms with E-state index in [0.717, 1.165) is 0 Å². The van der Waals surface area contributed by atoms with E-state index in [1.807, 2.05) is 0 Å². The predicted octanol–water partition coefficient (Wildman–Crippen LogP) is 3.52. The van der Waals surface area contributed by atoms with E-state index in [1.54, 1.807) is 43.5 Å². The topological polar surface area (TPSA) is 83.5 Å². The van der Waals surface area contributed by atoms with Crippen LogP contribution in [0.1, 0.15) is 23.7 Å². The molecule has 1 aromatic carbocycles. The van der Waals surface area contributed by atoms with Crippen molar-refractivity contribution in [2.45, 2.75) is 13.3 Å². The van der Waals surface area contributed by atoms with Gasteiger partial charge in [0.25, 0.3) is 5.91 Å². The van der Waals surface area contributed by atoms with Gasteiger partial charge in [-0.05, 0) is 37.3 Å². The lowest BCUT2D eigenvalue weighted by molar-refractivity contribution is -0.115. The van der Waals surface area contributed by atoms with Gasteiger partial charge in [0.05, 0.1) is 22.0 Å². The maximum atomic E-state index is 11.9. The molecule has 0 spiro atoms. The summed E-state index contributed by atoms with van der Waals surface area (Å²) in [6, 6.07) is 8.05. The molecular formula is C16H14Cl2N4O2. The molecule has 1 aromatic heterocycles. The predicted molar refractivity (Wildman–Crippen MR) is 94.5 cm³/mol. The summed E-state index contributed by atoms with van der Waals surface area (Å²) in [6.07, 6.45) is 3.02. The molecule has 0 aliphatic carbocycles. The van der Waals surface area contributed by atoms with Crippen LogP contribution in [0.3, 0.4) is 0 Å². The number of carbonyl (C=O) groups is 2. The number of pyridine rings is 1. The van der Waals surface area contributed by atoms with Crippen molar-refractivity contribution in [1.82, 2.24) is 10.4 Å². The fourth-order valence-electron chi connectivity index (χ4n) is 1.76. The molecule has 2 rings (SSSR count). The van der Waals surface area contributed by atoms with Gasteiger partial charge in [-0.25, -0.2) is 5.43 Å². The number of hydrogen-bond donors (Lipinski definition) is 2. The Bertz CT molecular complexity index is 779. The molecule has 2 N–H and O–H groups in total. The van der Waals surface area contributed by atoms with Crippen LogP contribution >= 0.6 is 23.2 Å². The van der Waals surface area contributed by atoms with Crippen molar-refractivity contribution in [3.05, 3.63) is 58.3 Å². The summed E-state index contributed by atoms with van der Waals surface area (Å²) in [5, 5.41) is 7.33. The van der Waals surface area contributed by atoms with E-state index in [0.29, 0.717) is 27.0 Å². The third kappa shape index (κ3) is 5.33. The van der Waals surface area contributed by atoms with E-state index in [4.69, 9.17) is 23.2 Å². The lowest BCUT2D eigenvalue weighted by Gasteiger charge is -2.06. The number of carbonyl (C=O) groups excluding carboxylic acids is 2. The fourth-order valence-corrected chi connectivity index (χ4v) is 2.06. The molecule has 0 aliphatic rings. The Morgan fingerprint density at radius 1 is 1.21 bits per heavy atom. The van der Waals surface area contributed by atoms with Crippen LogP contribution in [0.5, 0.6) is 0 Å². The molecule has 0 atom stereocenters. The fraction of sp³-hybridized carbons (Fsp3) is 0.125. The number of nitrogens with one attached hydrogen (secondary N) is 2. The second-order valence-electron chi connectivity index (χ2n) is 4.88. The minimum absolute atomic E-state index is 0.0214. The highest BCUT2D eigenvalue weighted by Gasteiger charge is 2.08. The van der Waals surface area contributed by atoms with Gasteiger partial charge < -0.3 is 5.32 Å². The van der Waals surface area contributed by atoms with Crippen LogP contribution in [0.4, 0.5) is 5.69 Å². The number of anilines is 1. The van der Waals surface area contributed by atoms with Gasteiger partial charge in [-0.1, -0.05) is 23.2 Å². The number of halogens is 2. The van der Waals surface area contributed by atoms with E-state index in [9.17, 15) is 9.59 Å². The van der Waals surface area contributed by atoms with Crippen molar-refractivity contribution in [3.63, 3.8) is 0 Å². The summed E-state index contributed by atoms with van der Waals surface area (Å²) < 4.78 is 0. The Morgan fingerprint density at radius 2 is 2.00 bits per heavy atom. The molecule has 2 aromatic rings. The Morgan fingerprint density at radius 3 is 2.67 bits per heavy atom. The van der Waals surface area contributed by atoms with Crippen LogP contribution in [0.25, 0.3) is 0 Å². The van der Waals surface area contributed by atoms with Crippen LogP contribution in [0.15, 0.2) is 47.8 Å². The minimum atomic E-state index is -0.396. The number of nitrogens with zero attached hydrogens (tertiary/aromatic N) is 2. The summed E-state index contributed by atoms with van der Waals surface area (Å²) in [4.78, 5) is 27.6. The van der Waals surface area contributed by atoms with Crippen LogP contribution < -0.4 is 10.7 Å². The van der Waals surface area contributed by atoms with E-state index in [2.05, 4.69) is 20.8 Å². The first-order valence-corrected chi connectivity index (χ1v) is 7.69. The zero-order chi connectivity index (χ0) is 17.5. The summed E-state index contributed by atoms with van der Waals surface area (Å²) in [5.41, 5.74) is 3.74. The van der Waals surface area contributed by atoms with Gasteiger partial charge in [0.2, 0.25) is 5.91 Å². The second-order valence-corrected chi connectivity index (χ2v) is 5.70. The van der Waals surface area contributed by atoms with Gasteiger partial charge in [-0.3, -0.25) is 14.6 Å². The molecule has 0 unspecified atom stereocenters. The average Bonchev–Trinajstić information content (AvgIpc) is 2.56. The SMILES string of the molecule is C/C(CC(=O)Nc1ccc(Cl)c(Cl)c1)=N/NC(=O)c1cccnc1. The quantitative estimate of drug-likeness (QED) is 0.628. The number of benzene rings is 1. The molecule has 0 aliphatic heterocycles. The summed E-state index contributed by atoms with van der Waals surface area (Å²) in [6.45, 7) is 1.64. The number of hydrogen-bond acceptors (Lipinski definition) is 4. The first-order valence-electron chi connectivity index (χ1n) is 6.94. The van der Waals surface area contributed by atoms with Crippen molar-refractivity contribution >= 4 is 46.4 Å². The molecule has 6 nitrogen and oxygen atoms in total. The summed E-state index contributed by atoms with van der Waals surface area (Å²) >= 11 is 11.7. The van der Waals surface area contributed by atoms with Crippen molar-refractivity contribution in [3.8, 4) is 0 Å². The monoisotopic (exact) mass is 364 g/mol. The van der Waals surface area contributed by atoms with Crippen LogP contribution in [0.2, 0.25) is 10.0 Å². The number of hydrazone groups is 1. The lowest BCUT2D eigenvalue weighted by Crippen LogP contribution is -2.21. The number of amides is 2. The molecular weight excluding hydrogens is 351 g/mol. The van der Waals surface area contributed by atoms with Crippen molar-refractivity contribution in [1.29, 1.82) is 0 Å². The number of aromatic nitrogens is 1. The highest BCUT2D eigenvalue weighted by Crippen LogP contribution is 2.25. The van der Waals surface area contributed by atoms with Gasteiger partial charge in [0, 0.05) is 23.8 Å². The van der Waals surface area contributed by atoms with Crippen molar-refractivity contribution in [2.75, 3.05) is 5.32 Å². The molecule has 0 fully saturated rings. The Hall–Kier alpha value is -2.44. The molecule has 8 heteroatoms. The van der Waals surface area contributed by atoms with E-state index >= 15 is 0 Å².